The van der Waals surface area contributed by atoms with E-state index in [1.165, 1.54) is 23.1 Å². The van der Waals surface area contributed by atoms with Crippen LogP contribution in [-0.4, -0.2) is 12.1 Å². The second-order valence-electron chi connectivity index (χ2n) is 4.86. The summed E-state index contributed by atoms with van der Waals surface area (Å²) in [6.45, 7) is 4.96. The third-order valence-electron chi connectivity index (χ3n) is 3.54. The highest BCUT2D eigenvalue weighted by Gasteiger charge is 2.24. The summed E-state index contributed by atoms with van der Waals surface area (Å²) in [5.41, 5.74) is 9.89. The Morgan fingerprint density at radius 1 is 1.25 bits per heavy atom. The molecule has 2 N–H and O–H groups in total. The number of nitrogens with two attached hydrogens (primary N) is 1. The SMILES string of the molecule is Cc1ccc(COC2CCC[C@@H]2N)cc1C. The highest BCUT2D eigenvalue weighted by atomic mass is 16.5. The Hall–Kier alpha value is -0.860. The number of hydrogen-bond acceptors (Lipinski definition) is 2. The lowest BCUT2D eigenvalue weighted by Crippen LogP contribution is -2.31. The van der Waals surface area contributed by atoms with E-state index in [9.17, 15) is 0 Å². The van der Waals surface area contributed by atoms with Crippen LogP contribution in [0.1, 0.15) is 36.0 Å². The summed E-state index contributed by atoms with van der Waals surface area (Å²) in [4.78, 5) is 0. The second kappa shape index (κ2) is 4.98. The maximum absolute atomic E-state index is 5.97. The summed E-state index contributed by atoms with van der Waals surface area (Å²) < 4.78 is 5.87. The molecule has 1 aliphatic carbocycles. The van der Waals surface area contributed by atoms with Crippen molar-refractivity contribution >= 4 is 0 Å². The fourth-order valence-corrected chi connectivity index (χ4v) is 2.26. The van der Waals surface area contributed by atoms with Gasteiger partial charge >= 0.3 is 0 Å². The molecule has 16 heavy (non-hydrogen) atoms. The molecule has 0 spiro atoms. The van der Waals surface area contributed by atoms with Crippen molar-refractivity contribution in [1.29, 1.82) is 0 Å². The minimum absolute atomic E-state index is 0.242. The quantitative estimate of drug-likeness (QED) is 0.848. The first kappa shape index (κ1) is 11.6. The van der Waals surface area contributed by atoms with E-state index in [1.54, 1.807) is 0 Å². The summed E-state index contributed by atoms with van der Waals surface area (Å²) in [5, 5.41) is 0. The van der Waals surface area contributed by atoms with E-state index >= 15 is 0 Å². The molecule has 2 nitrogen and oxygen atoms in total. The van der Waals surface area contributed by atoms with Crippen molar-refractivity contribution in [2.45, 2.75) is 51.9 Å². The normalized spacial score (nSPS) is 24.9. The number of benzene rings is 1. The van der Waals surface area contributed by atoms with Gasteiger partial charge in [-0.25, -0.2) is 0 Å². The third-order valence-corrected chi connectivity index (χ3v) is 3.54. The van der Waals surface area contributed by atoms with Gasteiger partial charge in [0.15, 0.2) is 0 Å². The number of ether oxygens (including phenoxy) is 1. The Kier molecular flexibility index (Phi) is 3.62. The molecular formula is C14H21NO. The van der Waals surface area contributed by atoms with E-state index in [0.717, 1.165) is 12.8 Å². The van der Waals surface area contributed by atoms with Crippen molar-refractivity contribution in [1.82, 2.24) is 0 Å². The Labute approximate surface area is 97.8 Å². The van der Waals surface area contributed by atoms with Crippen LogP contribution < -0.4 is 5.73 Å². The van der Waals surface area contributed by atoms with Gasteiger partial charge in [0.25, 0.3) is 0 Å². The van der Waals surface area contributed by atoms with E-state index < -0.39 is 0 Å². The van der Waals surface area contributed by atoms with Gasteiger partial charge < -0.3 is 10.5 Å². The molecule has 2 atom stereocenters. The Bertz CT molecular complexity index is 362. The predicted molar refractivity (Wildman–Crippen MR) is 66.3 cm³/mol. The molecule has 0 aromatic heterocycles. The van der Waals surface area contributed by atoms with Crippen molar-refractivity contribution in [3.05, 3.63) is 34.9 Å². The van der Waals surface area contributed by atoms with Crippen LogP contribution in [0.4, 0.5) is 0 Å². The van der Waals surface area contributed by atoms with Crippen LogP contribution in [0, 0.1) is 13.8 Å². The molecule has 2 rings (SSSR count). The van der Waals surface area contributed by atoms with Crippen molar-refractivity contribution in [3.63, 3.8) is 0 Å². The van der Waals surface area contributed by atoms with Gasteiger partial charge in [-0.1, -0.05) is 18.2 Å². The van der Waals surface area contributed by atoms with Crippen molar-refractivity contribution in [2.24, 2.45) is 5.73 Å². The monoisotopic (exact) mass is 219 g/mol. The van der Waals surface area contributed by atoms with Crippen LogP contribution in [0.15, 0.2) is 18.2 Å². The average molecular weight is 219 g/mol. The van der Waals surface area contributed by atoms with Gasteiger partial charge in [0.1, 0.15) is 0 Å². The Morgan fingerprint density at radius 2 is 2.06 bits per heavy atom. The van der Waals surface area contributed by atoms with E-state index in [4.69, 9.17) is 10.5 Å². The lowest BCUT2D eigenvalue weighted by molar-refractivity contribution is 0.0357. The highest BCUT2D eigenvalue weighted by molar-refractivity contribution is 5.29. The summed E-state index contributed by atoms with van der Waals surface area (Å²) in [6.07, 6.45) is 3.70. The number of hydrogen-bond donors (Lipinski definition) is 1. The van der Waals surface area contributed by atoms with Gasteiger partial charge in [0, 0.05) is 6.04 Å². The molecule has 0 radical (unpaired) electrons. The van der Waals surface area contributed by atoms with Crippen LogP contribution in [0.5, 0.6) is 0 Å². The van der Waals surface area contributed by atoms with Crippen LogP contribution in [-0.2, 0) is 11.3 Å². The number of aryl methyl sites for hydroxylation is 2. The molecule has 0 amide bonds. The second-order valence-corrected chi connectivity index (χ2v) is 4.86. The average Bonchev–Trinajstić information content (AvgIpc) is 2.66. The molecular weight excluding hydrogens is 198 g/mol. The molecule has 1 aromatic carbocycles. The zero-order chi connectivity index (χ0) is 11.5. The minimum atomic E-state index is 0.242. The van der Waals surface area contributed by atoms with E-state index in [-0.39, 0.29) is 12.1 Å². The maximum Gasteiger partial charge on any atom is 0.0730 e. The standard InChI is InChI=1S/C14H21NO/c1-10-6-7-12(8-11(10)2)9-16-14-5-3-4-13(14)15/h6-8,13-14H,3-5,9,15H2,1-2H3/t13-,14?/m0/s1. The summed E-state index contributed by atoms with van der Waals surface area (Å²) in [5.74, 6) is 0. The van der Waals surface area contributed by atoms with Gasteiger partial charge in [-0.3, -0.25) is 0 Å². The molecule has 1 aliphatic rings. The van der Waals surface area contributed by atoms with Crippen molar-refractivity contribution in [2.75, 3.05) is 0 Å². The first-order valence-corrected chi connectivity index (χ1v) is 6.10. The largest absolute Gasteiger partial charge is 0.372 e. The lowest BCUT2D eigenvalue weighted by atomic mass is 10.1. The molecule has 1 aromatic rings. The summed E-state index contributed by atoms with van der Waals surface area (Å²) in [6, 6.07) is 6.74. The third kappa shape index (κ3) is 2.63. The Balaban J connectivity index is 1.91. The molecule has 0 bridgehead atoms. The first-order valence-electron chi connectivity index (χ1n) is 6.10. The van der Waals surface area contributed by atoms with Crippen molar-refractivity contribution < 1.29 is 4.74 Å². The summed E-state index contributed by atoms with van der Waals surface area (Å²) >= 11 is 0. The van der Waals surface area contributed by atoms with E-state index in [2.05, 4.69) is 32.0 Å². The molecule has 0 heterocycles. The maximum atomic E-state index is 5.97. The highest BCUT2D eigenvalue weighted by Crippen LogP contribution is 2.21. The van der Waals surface area contributed by atoms with Crippen LogP contribution in [0.3, 0.4) is 0 Å². The van der Waals surface area contributed by atoms with Gasteiger partial charge in [0.2, 0.25) is 0 Å². The number of rotatable bonds is 3. The van der Waals surface area contributed by atoms with Crippen LogP contribution >= 0.6 is 0 Å². The van der Waals surface area contributed by atoms with Gasteiger partial charge in [-0.05, 0) is 49.8 Å². The first-order chi connectivity index (χ1) is 7.66. The molecule has 88 valence electrons. The van der Waals surface area contributed by atoms with E-state index in [0.29, 0.717) is 6.61 Å². The zero-order valence-electron chi connectivity index (χ0n) is 10.2. The van der Waals surface area contributed by atoms with E-state index in [1.807, 2.05) is 0 Å². The fourth-order valence-electron chi connectivity index (χ4n) is 2.26. The topological polar surface area (TPSA) is 35.2 Å². The molecule has 1 saturated carbocycles. The van der Waals surface area contributed by atoms with Crippen molar-refractivity contribution in [3.8, 4) is 0 Å². The molecule has 0 aliphatic heterocycles. The van der Waals surface area contributed by atoms with Gasteiger partial charge in [0.05, 0.1) is 12.7 Å². The zero-order valence-corrected chi connectivity index (χ0v) is 10.2. The predicted octanol–water partition coefficient (Wildman–Crippen LogP) is 2.70. The van der Waals surface area contributed by atoms with Crippen LogP contribution in [0.25, 0.3) is 0 Å². The van der Waals surface area contributed by atoms with Crippen LogP contribution in [0.2, 0.25) is 0 Å². The van der Waals surface area contributed by atoms with Gasteiger partial charge in [-0.15, -0.1) is 0 Å². The molecule has 2 heteroatoms. The Morgan fingerprint density at radius 3 is 2.69 bits per heavy atom. The molecule has 1 fully saturated rings. The lowest BCUT2D eigenvalue weighted by Gasteiger charge is -2.16. The summed E-state index contributed by atoms with van der Waals surface area (Å²) in [7, 11) is 0. The molecule has 1 unspecified atom stereocenters. The van der Waals surface area contributed by atoms with Gasteiger partial charge in [-0.2, -0.15) is 0 Å². The smallest absolute Gasteiger partial charge is 0.0730 e. The fraction of sp³-hybridized carbons (Fsp3) is 0.571. The minimum Gasteiger partial charge on any atom is -0.372 e. The molecule has 0 saturated heterocycles.